The average molecular weight is 205 g/mol. The Balaban J connectivity index is 2.51. The topological polar surface area (TPSA) is 68.2 Å². The van der Waals surface area contributed by atoms with Gasteiger partial charge in [-0.05, 0) is 32.4 Å². The second-order valence-electron chi connectivity index (χ2n) is 3.94. The highest BCUT2D eigenvalue weighted by molar-refractivity contribution is 5.57. The van der Waals surface area contributed by atoms with E-state index >= 15 is 0 Å². The van der Waals surface area contributed by atoms with Crippen molar-refractivity contribution >= 4 is 17.3 Å². The summed E-state index contributed by atoms with van der Waals surface area (Å²) in [6.07, 6.45) is 1.91. The van der Waals surface area contributed by atoms with E-state index in [1.165, 1.54) is 0 Å². The Labute approximate surface area is 88.3 Å². The summed E-state index contributed by atoms with van der Waals surface area (Å²) in [5, 5.41) is 7.41. The van der Waals surface area contributed by atoms with Crippen LogP contribution in [0.15, 0.2) is 12.3 Å². The monoisotopic (exact) mass is 205 g/mol. The molecular formula is C10H15N5. The van der Waals surface area contributed by atoms with Gasteiger partial charge in [-0.3, -0.25) is 0 Å². The first kappa shape index (κ1) is 9.76. The second kappa shape index (κ2) is 3.42. The Morgan fingerprint density at radius 1 is 1.47 bits per heavy atom. The summed E-state index contributed by atoms with van der Waals surface area (Å²) in [6, 6.07) is 2.36. The number of aromatic nitrogens is 3. The quantitative estimate of drug-likeness (QED) is 0.778. The molecule has 2 heterocycles. The third-order valence-corrected chi connectivity index (χ3v) is 2.14. The predicted octanol–water partition coefficient (Wildman–Crippen LogP) is 1.44. The lowest BCUT2D eigenvalue weighted by molar-refractivity contribution is 0.885. The molecule has 0 aliphatic rings. The van der Waals surface area contributed by atoms with Gasteiger partial charge in [0.05, 0.1) is 11.9 Å². The predicted molar refractivity (Wildman–Crippen MR) is 60.9 cm³/mol. The van der Waals surface area contributed by atoms with Crippen molar-refractivity contribution in [3.8, 4) is 0 Å². The standard InChI is InChI=1S/C10H15N5/c1-6(2)12-8-5-15-9(4-7(8)3)13-10(11)14-15/h4-6,12H,1-3H3,(H2,11,14). The molecule has 0 unspecified atom stereocenters. The van der Waals surface area contributed by atoms with E-state index in [0.29, 0.717) is 12.0 Å². The number of anilines is 2. The molecule has 2 aromatic heterocycles. The highest BCUT2D eigenvalue weighted by Crippen LogP contribution is 2.17. The molecule has 0 atom stereocenters. The molecule has 0 aliphatic carbocycles. The van der Waals surface area contributed by atoms with E-state index in [2.05, 4.69) is 29.2 Å². The molecule has 0 saturated carbocycles. The first-order chi connectivity index (χ1) is 7.06. The molecule has 3 N–H and O–H groups in total. The maximum atomic E-state index is 5.53. The maximum Gasteiger partial charge on any atom is 0.240 e. The average Bonchev–Trinajstić information content (AvgIpc) is 2.44. The molecule has 0 fully saturated rings. The van der Waals surface area contributed by atoms with Crippen molar-refractivity contribution < 1.29 is 0 Å². The minimum absolute atomic E-state index is 0.302. The van der Waals surface area contributed by atoms with Crippen molar-refractivity contribution in [2.45, 2.75) is 26.8 Å². The van der Waals surface area contributed by atoms with Gasteiger partial charge in [0.15, 0.2) is 5.65 Å². The summed E-state index contributed by atoms with van der Waals surface area (Å²) < 4.78 is 1.69. The van der Waals surface area contributed by atoms with Gasteiger partial charge in [0.25, 0.3) is 0 Å². The fourth-order valence-corrected chi connectivity index (χ4v) is 1.50. The molecule has 0 aliphatic heterocycles. The van der Waals surface area contributed by atoms with Crippen molar-refractivity contribution in [3.63, 3.8) is 0 Å². The molecule has 0 amide bonds. The Bertz CT molecular complexity index is 486. The van der Waals surface area contributed by atoms with Crippen molar-refractivity contribution in [2.75, 3.05) is 11.1 Å². The lowest BCUT2D eigenvalue weighted by atomic mass is 10.2. The molecule has 2 rings (SSSR count). The van der Waals surface area contributed by atoms with E-state index in [-0.39, 0.29) is 0 Å². The number of hydrogen-bond acceptors (Lipinski definition) is 4. The molecule has 15 heavy (non-hydrogen) atoms. The smallest absolute Gasteiger partial charge is 0.240 e. The minimum atomic E-state index is 0.302. The third-order valence-electron chi connectivity index (χ3n) is 2.14. The molecule has 0 spiro atoms. The number of hydrogen-bond donors (Lipinski definition) is 2. The van der Waals surface area contributed by atoms with Gasteiger partial charge in [0, 0.05) is 6.04 Å². The molecule has 0 bridgehead atoms. The molecule has 0 aromatic carbocycles. The Kier molecular flexibility index (Phi) is 2.22. The number of nitrogens with two attached hydrogens (primary N) is 1. The van der Waals surface area contributed by atoms with Gasteiger partial charge in [-0.25, -0.2) is 4.52 Å². The lowest BCUT2D eigenvalue weighted by Crippen LogP contribution is -2.11. The largest absolute Gasteiger partial charge is 0.381 e. The van der Waals surface area contributed by atoms with Crippen LogP contribution in [0, 0.1) is 6.92 Å². The molecular weight excluding hydrogens is 190 g/mol. The molecule has 0 saturated heterocycles. The zero-order chi connectivity index (χ0) is 11.0. The number of nitrogens with zero attached hydrogens (tertiary/aromatic N) is 3. The number of fused-ring (bicyclic) bond motifs is 1. The van der Waals surface area contributed by atoms with Crippen LogP contribution in [-0.2, 0) is 0 Å². The number of nitrogen functional groups attached to an aromatic ring is 1. The SMILES string of the molecule is Cc1cc2nc(N)nn2cc1NC(C)C. The van der Waals surface area contributed by atoms with Crippen molar-refractivity contribution in [2.24, 2.45) is 0 Å². The van der Waals surface area contributed by atoms with Gasteiger partial charge >= 0.3 is 0 Å². The molecule has 80 valence electrons. The van der Waals surface area contributed by atoms with Crippen molar-refractivity contribution in [1.82, 2.24) is 14.6 Å². The first-order valence-corrected chi connectivity index (χ1v) is 4.95. The zero-order valence-corrected chi connectivity index (χ0v) is 9.15. The molecule has 5 nitrogen and oxygen atoms in total. The summed E-state index contributed by atoms with van der Waals surface area (Å²) in [4.78, 5) is 4.10. The molecule has 0 radical (unpaired) electrons. The van der Waals surface area contributed by atoms with Gasteiger partial charge in [-0.1, -0.05) is 0 Å². The minimum Gasteiger partial charge on any atom is -0.381 e. The fraction of sp³-hybridized carbons (Fsp3) is 0.400. The van der Waals surface area contributed by atoms with Crippen LogP contribution < -0.4 is 11.1 Å². The summed E-state index contributed by atoms with van der Waals surface area (Å²) in [6.45, 7) is 6.23. The normalized spacial score (nSPS) is 11.2. The van der Waals surface area contributed by atoms with Crippen LogP contribution in [0.4, 0.5) is 11.6 Å². The number of rotatable bonds is 2. The number of pyridine rings is 1. The van der Waals surface area contributed by atoms with E-state index in [0.717, 1.165) is 16.9 Å². The van der Waals surface area contributed by atoms with E-state index in [4.69, 9.17) is 5.73 Å². The Morgan fingerprint density at radius 3 is 2.87 bits per heavy atom. The highest BCUT2D eigenvalue weighted by atomic mass is 15.3. The van der Waals surface area contributed by atoms with Crippen LogP contribution in [0.2, 0.25) is 0 Å². The highest BCUT2D eigenvalue weighted by Gasteiger charge is 2.05. The van der Waals surface area contributed by atoms with E-state index < -0.39 is 0 Å². The van der Waals surface area contributed by atoms with Crippen LogP contribution in [0.3, 0.4) is 0 Å². The van der Waals surface area contributed by atoms with Crippen LogP contribution in [0.1, 0.15) is 19.4 Å². The third kappa shape index (κ3) is 1.86. The van der Waals surface area contributed by atoms with Gasteiger partial charge in [-0.15, -0.1) is 5.10 Å². The van der Waals surface area contributed by atoms with E-state index in [1.54, 1.807) is 4.52 Å². The van der Waals surface area contributed by atoms with Crippen LogP contribution in [0.25, 0.3) is 5.65 Å². The first-order valence-electron chi connectivity index (χ1n) is 4.95. The maximum absolute atomic E-state index is 5.53. The van der Waals surface area contributed by atoms with Crippen LogP contribution in [-0.4, -0.2) is 20.6 Å². The van der Waals surface area contributed by atoms with Gasteiger partial charge in [-0.2, -0.15) is 4.98 Å². The lowest BCUT2D eigenvalue weighted by Gasteiger charge is -2.12. The van der Waals surface area contributed by atoms with Gasteiger partial charge < -0.3 is 11.1 Å². The van der Waals surface area contributed by atoms with Gasteiger partial charge in [0.1, 0.15) is 0 Å². The van der Waals surface area contributed by atoms with E-state index in [9.17, 15) is 0 Å². The van der Waals surface area contributed by atoms with Crippen LogP contribution in [0.5, 0.6) is 0 Å². The number of aryl methyl sites for hydroxylation is 1. The molecule has 2 aromatic rings. The second-order valence-corrected chi connectivity index (χ2v) is 3.94. The summed E-state index contributed by atoms with van der Waals surface area (Å²) >= 11 is 0. The molecule has 5 heteroatoms. The Morgan fingerprint density at radius 2 is 2.20 bits per heavy atom. The van der Waals surface area contributed by atoms with Crippen molar-refractivity contribution in [1.29, 1.82) is 0 Å². The fourth-order valence-electron chi connectivity index (χ4n) is 1.50. The zero-order valence-electron chi connectivity index (χ0n) is 9.15. The summed E-state index contributed by atoms with van der Waals surface area (Å²) in [5.41, 5.74) is 8.51. The van der Waals surface area contributed by atoms with Crippen molar-refractivity contribution in [3.05, 3.63) is 17.8 Å². The van der Waals surface area contributed by atoms with E-state index in [1.807, 2.05) is 19.2 Å². The number of nitrogens with one attached hydrogen (secondary N) is 1. The summed E-state index contributed by atoms with van der Waals surface area (Å²) in [5.74, 6) is 0.302. The Hall–Kier alpha value is -1.78. The summed E-state index contributed by atoms with van der Waals surface area (Å²) in [7, 11) is 0. The van der Waals surface area contributed by atoms with Crippen LogP contribution >= 0.6 is 0 Å². The van der Waals surface area contributed by atoms with Gasteiger partial charge in [0.2, 0.25) is 5.95 Å².